The molecular formula is C18H18N6O. The summed E-state index contributed by atoms with van der Waals surface area (Å²) in [4.78, 5) is 34.8. The van der Waals surface area contributed by atoms with E-state index in [1.165, 1.54) is 0 Å². The van der Waals surface area contributed by atoms with Crippen molar-refractivity contribution in [2.75, 3.05) is 13.1 Å². The van der Waals surface area contributed by atoms with Crippen molar-refractivity contribution < 1.29 is 4.79 Å². The molecule has 1 N–H and O–H groups in total. The first-order valence-electron chi connectivity index (χ1n) is 8.25. The average Bonchev–Trinajstić information content (AvgIpc) is 3.33. The number of carbonyl (C=O) groups is 1. The van der Waals surface area contributed by atoms with E-state index in [2.05, 4.69) is 24.9 Å². The van der Waals surface area contributed by atoms with E-state index < -0.39 is 0 Å². The lowest BCUT2D eigenvalue weighted by Gasteiger charge is -2.16. The molecule has 1 aliphatic rings. The van der Waals surface area contributed by atoms with Crippen molar-refractivity contribution in [2.45, 2.75) is 19.3 Å². The van der Waals surface area contributed by atoms with E-state index in [0.717, 1.165) is 30.2 Å². The largest absolute Gasteiger partial charge is 0.343 e. The summed E-state index contributed by atoms with van der Waals surface area (Å²) in [5, 5.41) is 0. The van der Waals surface area contributed by atoms with E-state index in [4.69, 9.17) is 0 Å². The molecule has 7 nitrogen and oxygen atoms in total. The molecule has 1 unspecified atom stereocenters. The van der Waals surface area contributed by atoms with E-state index in [1.807, 2.05) is 17.9 Å². The Morgan fingerprint density at radius 1 is 1.24 bits per heavy atom. The number of carbonyl (C=O) groups excluding carboxylic acids is 1. The Balaban J connectivity index is 1.55. The van der Waals surface area contributed by atoms with Gasteiger partial charge in [0.25, 0.3) is 5.91 Å². The Hall–Kier alpha value is -3.09. The molecule has 0 aromatic carbocycles. The Bertz CT molecular complexity index is 878. The monoisotopic (exact) mass is 334 g/mol. The number of imidazole rings is 1. The fourth-order valence-corrected chi connectivity index (χ4v) is 3.19. The highest BCUT2D eigenvalue weighted by Crippen LogP contribution is 2.28. The van der Waals surface area contributed by atoms with Crippen molar-refractivity contribution in [1.29, 1.82) is 0 Å². The summed E-state index contributed by atoms with van der Waals surface area (Å²) >= 11 is 0. The molecule has 0 saturated carbocycles. The molecule has 7 heteroatoms. The third-order valence-corrected chi connectivity index (χ3v) is 4.42. The Morgan fingerprint density at radius 2 is 2.08 bits per heavy atom. The van der Waals surface area contributed by atoms with E-state index in [1.54, 1.807) is 36.9 Å². The molecule has 1 fully saturated rings. The second kappa shape index (κ2) is 6.43. The lowest BCUT2D eigenvalue weighted by atomic mass is 10.0. The molecule has 1 aliphatic heterocycles. The summed E-state index contributed by atoms with van der Waals surface area (Å²) in [6.45, 7) is 3.27. The number of hydrogen-bond donors (Lipinski definition) is 1. The van der Waals surface area contributed by atoms with Crippen LogP contribution >= 0.6 is 0 Å². The fourth-order valence-electron chi connectivity index (χ4n) is 3.19. The standard InChI is InChI=1S/C18H18N6O/c1-12-22-15(10-16(23-12)17-20-7-8-21-17)14-4-9-24(11-14)18(25)13-2-5-19-6-3-13/h2-3,5-8,10,14H,4,9,11H2,1H3,(H,20,21). The maximum atomic E-state index is 12.6. The van der Waals surface area contributed by atoms with Gasteiger partial charge in [-0.15, -0.1) is 0 Å². The third-order valence-electron chi connectivity index (χ3n) is 4.42. The van der Waals surface area contributed by atoms with Gasteiger partial charge in [0, 0.05) is 55.1 Å². The van der Waals surface area contributed by atoms with Gasteiger partial charge in [0.1, 0.15) is 11.5 Å². The molecule has 1 saturated heterocycles. The number of amides is 1. The minimum atomic E-state index is 0.0435. The van der Waals surface area contributed by atoms with Crippen molar-refractivity contribution in [1.82, 2.24) is 29.8 Å². The predicted molar refractivity (Wildman–Crippen MR) is 91.8 cm³/mol. The summed E-state index contributed by atoms with van der Waals surface area (Å²) in [7, 11) is 0. The second-order valence-electron chi connectivity index (χ2n) is 6.14. The van der Waals surface area contributed by atoms with E-state index in [-0.39, 0.29) is 11.8 Å². The number of aryl methyl sites for hydroxylation is 1. The number of nitrogens with zero attached hydrogens (tertiary/aromatic N) is 5. The number of H-pyrrole nitrogens is 1. The summed E-state index contributed by atoms with van der Waals surface area (Å²) in [6, 6.07) is 5.47. The van der Waals surface area contributed by atoms with Gasteiger partial charge in [-0.25, -0.2) is 15.0 Å². The summed E-state index contributed by atoms with van der Waals surface area (Å²) in [6.07, 6.45) is 7.66. The smallest absolute Gasteiger partial charge is 0.253 e. The van der Waals surface area contributed by atoms with Gasteiger partial charge in [0.05, 0.1) is 0 Å². The predicted octanol–water partition coefficient (Wildman–Crippen LogP) is 2.20. The maximum absolute atomic E-state index is 12.6. The van der Waals surface area contributed by atoms with Crippen LogP contribution in [-0.4, -0.2) is 48.8 Å². The Labute approximate surface area is 145 Å². The van der Waals surface area contributed by atoms with Gasteiger partial charge in [-0.3, -0.25) is 9.78 Å². The summed E-state index contributed by atoms with van der Waals surface area (Å²) < 4.78 is 0. The van der Waals surface area contributed by atoms with Gasteiger partial charge in [-0.05, 0) is 31.5 Å². The first-order chi connectivity index (χ1) is 12.2. The van der Waals surface area contributed by atoms with Crippen LogP contribution in [0.2, 0.25) is 0 Å². The first-order valence-corrected chi connectivity index (χ1v) is 8.25. The van der Waals surface area contributed by atoms with Crippen molar-refractivity contribution in [3.8, 4) is 11.5 Å². The van der Waals surface area contributed by atoms with Gasteiger partial charge in [0.15, 0.2) is 5.82 Å². The number of rotatable bonds is 3. The van der Waals surface area contributed by atoms with E-state index in [9.17, 15) is 4.79 Å². The van der Waals surface area contributed by atoms with Crippen LogP contribution in [-0.2, 0) is 0 Å². The van der Waals surface area contributed by atoms with Crippen molar-refractivity contribution in [3.63, 3.8) is 0 Å². The first kappa shape index (κ1) is 15.4. The maximum Gasteiger partial charge on any atom is 0.253 e. The van der Waals surface area contributed by atoms with Crippen LogP contribution in [0.15, 0.2) is 43.0 Å². The number of pyridine rings is 1. The molecule has 3 aromatic heterocycles. The zero-order valence-electron chi connectivity index (χ0n) is 13.9. The zero-order chi connectivity index (χ0) is 17.2. The second-order valence-corrected chi connectivity index (χ2v) is 6.14. The van der Waals surface area contributed by atoms with Crippen LogP contribution in [0.5, 0.6) is 0 Å². The highest BCUT2D eigenvalue weighted by Gasteiger charge is 2.29. The minimum Gasteiger partial charge on any atom is -0.343 e. The van der Waals surface area contributed by atoms with Crippen LogP contribution < -0.4 is 0 Å². The number of hydrogen-bond acceptors (Lipinski definition) is 5. The van der Waals surface area contributed by atoms with Gasteiger partial charge in [-0.1, -0.05) is 0 Å². The Kier molecular flexibility index (Phi) is 3.97. The molecule has 0 spiro atoms. The van der Waals surface area contributed by atoms with Gasteiger partial charge < -0.3 is 9.88 Å². The molecule has 0 bridgehead atoms. The highest BCUT2D eigenvalue weighted by atomic mass is 16.2. The Morgan fingerprint density at radius 3 is 2.84 bits per heavy atom. The van der Waals surface area contributed by atoms with Crippen LogP contribution in [0, 0.1) is 6.92 Å². The molecule has 3 aromatic rings. The molecule has 4 rings (SSSR count). The molecule has 0 radical (unpaired) electrons. The van der Waals surface area contributed by atoms with Crippen LogP contribution in [0.25, 0.3) is 11.5 Å². The van der Waals surface area contributed by atoms with Crippen LogP contribution in [0.1, 0.15) is 34.2 Å². The lowest BCUT2D eigenvalue weighted by Crippen LogP contribution is -2.28. The van der Waals surface area contributed by atoms with Crippen molar-refractivity contribution in [2.24, 2.45) is 0 Å². The quantitative estimate of drug-likeness (QED) is 0.793. The minimum absolute atomic E-state index is 0.0435. The molecule has 0 aliphatic carbocycles. The molecule has 1 amide bonds. The number of aromatic nitrogens is 5. The summed E-state index contributed by atoms with van der Waals surface area (Å²) in [5.41, 5.74) is 2.42. The molecular weight excluding hydrogens is 316 g/mol. The number of aromatic amines is 1. The van der Waals surface area contributed by atoms with Gasteiger partial charge in [-0.2, -0.15) is 0 Å². The molecule has 1 atom stereocenters. The average molecular weight is 334 g/mol. The molecule has 126 valence electrons. The van der Waals surface area contributed by atoms with Crippen molar-refractivity contribution in [3.05, 3.63) is 60.1 Å². The normalized spacial score (nSPS) is 17.0. The van der Waals surface area contributed by atoms with Gasteiger partial charge in [0.2, 0.25) is 0 Å². The van der Waals surface area contributed by atoms with E-state index >= 15 is 0 Å². The van der Waals surface area contributed by atoms with E-state index in [0.29, 0.717) is 17.9 Å². The number of likely N-dealkylation sites (tertiary alicyclic amines) is 1. The zero-order valence-corrected chi connectivity index (χ0v) is 13.9. The van der Waals surface area contributed by atoms with Crippen molar-refractivity contribution >= 4 is 5.91 Å². The highest BCUT2D eigenvalue weighted by molar-refractivity contribution is 5.94. The van der Waals surface area contributed by atoms with Gasteiger partial charge >= 0.3 is 0 Å². The lowest BCUT2D eigenvalue weighted by molar-refractivity contribution is 0.0790. The van der Waals surface area contributed by atoms with Crippen LogP contribution in [0.4, 0.5) is 0 Å². The third kappa shape index (κ3) is 3.13. The topological polar surface area (TPSA) is 87.7 Å². The van der Waals surface area contributed by atoms with Crippen LogP contribution in [0.3, 0.4) is 0 Å². The molecule has 25 heavy (non-hydrogen) atoms. The molecule has 4 heterocycles. The fraction of sp³-hybridized carbons (Fsp3) is 0.278. The SMILES string of the molecule is Cc1nc(-c2ncc[nH]2)cc(C2CCN(C(=O)c3ccncc3)C2)n1. The number of nitrogens with one attached hydrogen (secondary N) is 1. The summed E-state index contributed by atoms with van der Waals surface area (Å²) in [5.74, 6) is 1.69.